The van der Waals surface area contributed by atoms with Gasteiger partial charge in [0, 0.05) is 25.3 Å². The summed E-state index contributed by atoms with van der Waals surface area (Å²) < 4.78 is 0. The Hall–Kier alpha value is -3.14. The Balaban J connectivity index is 1.69. The zero-order valence-electron chi connectivity index (χ0n) is 16.1. The van der Waals surface area contributed by atoms with Crippen LogP contribution in [-0.2, 0) is 14.4 Å². The van der Waals surface area contributed by atoms with Crippen molar-refractivity contribution in [2.75, 3.05) is 38.0 Å². The number of nitrogens with two attached hydrogens (primary N) is 1. The number of amides is 5. The third kappa shape index (κ3) is 5.02. The van der Waals surface area contributed by atoms with Crippen LogP contribution < -0.4 is 21.7 Å². The maximum Gasteiger partial charge on any atom is 0.321 e. The van der Waals surface area contributed by atoms with Crippen LogP contribution in [-0.4, -0.2) is 78.4 Å². The van der Waals surface area contributed by atoms with Gasteiger partial charge >= 0.3 is 6.03 Å². The Morgan fingerprint density at radius 2 is 1.93 bits per heavy atom. The maximum atomic E-state index is 12.9. The molecule has 2 heterocycles. The number of carbonyl (C=O) groups excluding carboxylic acids is 4. The highest BCUT2D eigenvalue weighted by molar-refractivity contribution is 5.94. The second-order valence-corrected chi connectivity index (χ2v) is 7.04. The molecule has 2 aliphatic heterocycles. The summed E-state index contributed by atoms with van der Waals surface area (Å²) in [6.45, 7) is 0.833. The van der Waals surface area contributed by atoms with Gasteiger partial charge in [0.25, 0.3) is 0 Å². The number of piperidine rings is 1. The molecule has 2 unspecified atom stereocenters. The number of para-hydroxylation sites is 1. The summed E-state index contributed by atoms with van der Waals surface area (Å²) in [5.41, 5.74) is 6.13. The predicted octanol–water partition coefficient (Wildman–Crippen LogP) is -0.915. The smallest absolute Gasteiger partial charge is 0.321 e. The molecule has 5 amide bonds. The third-order valence-corrected chi connectivity index (χ3v) is 5.09. The first-order chi connectivity index (χ1) is 14.0. The van der Waals surface area contributed by atoms with E-state index in [1.807, 2.05) is 6.07 Å². The van der Waals surface area contributed by atoms with Crippen molar-refractivity contribution in [1.29, 1.82) is 0 Å². The summed E-state index contributed by atoms with van der Waals surface area (Å²) in [5.74, 6) is -1.08. The number of nitrogens with zero attached hydrogens (tertiary/aromatic N) is 2. The highest BCUT2D eigenvalue weighted by Crippen LogP contribution is 2.14. The number of rotatable bonds is 4. The average molecular weight is 402 g/mol. The van der Waals surface area contributed by atoms with E-state index in [0.29, 0.717) is 18.7 Å². The van der Waals surface area contributed by atoms with E-state index in [-0.39, 0.29) is 44.0 Å². The molecule has 0 aromatic heterocycles. The minimum Gasteiger partial charge on any atom is -0.354 e. The highest BCUT2D eigenvalue weighted by atomic mass is 16.2. The molecule has 2 atom stereocenters. The lowest BCUT2D eigenvalue weighted by Gasteiger charge is -2.40. The van der Waals surface area contributed by atoms with Gasteiger partial charge in [0.1, 0.15) is 12.1 Å². The fourth-order valence-electron chi connectivity index (χ4n) is 3.51. The van der Waals surface area contributed by atoms with Crippen molar-refractivity contribution in [3.8, 4) is 0 Å². The zero-order valence-corrected chi connectivity index (χ0v) is 16.1. The molecule has 0 radical (unpaired) electrons. The Kier molecular flexibility index (Phi) is 6.65. The number of hydrogen-bond acceptors (Lipinski definition) is 5. The van der Waals surface area contributed by atoms with Crippen molar-refractivity contribution in [2.24, 2.45) is 5.73 Å². The number of carbonyl (C=O) groups is 4. The molecule has 0 bridgehead atoms. The number of benzene rings is 1. The lowest BCUT2D eigenvalue weighted by atomic mass is 10.1. The molecule has 29 heavy (non-hydrogen) atoms. The standard InChI is InChI=1S/C19H26N6O4/c20-11-16(26)25-10-9-24(19(29)22-13-5-2-1-3-6-13)12-15(25)18(28)23-14-7-4-8-21-17(14)27/h1-3,5-6,14-15H,4,7-12,20H2,(H,21,27)(H,22,29)(H,23,28). The van der Waals surface area contributed by atoms with Crippen molar-refractivity contribution in [3.63, 3.8) is 0 Å². The molecule has 0 aliphatic carbocycles. The van der Waals surface area contributed by atoms with Crippen LogP contribution in [0.2, 0.25) is 0 Å². The highest BCUT2D eigenvalue weighted by Gasteiger charge is 2.38. The van der Waals surface area contributed by atoms with Crippen molar-refractivity contribution in [1.82, 2.24) is 20.4 Å². The van der Waals surface area contributed by atoms with E-state index in [0.717, 1.165) is 6.42 Å². The Bertz CT molecular complexity index is 771. The van der Waals surface area contributed by atoms with E-state index in [4.69, 9.17) is 5.73 Å². The van der Waals surface area contributed by atoms with Crippen molar-refractivity contribution < 1.29 is 19.2 Å². The SMILES string of the molecule is NCC(=O)N1CCN(C(=O)Nc2ccccc2)CC1C(=O)NC1CCCNC1=O. The normalized spacial score (nSPS) is 21.9. The van der Waals surface area contributed by atoms with E-state index in [1.54, 1.807) is 24.3 Å². The molecule has 1 aromatic carbocycles. The second kappa shape index (κ2) is 9.37. The number of urea groups is 1. The molecule has 2 aliphatic rings. The third-order valence-electron chi connectivity index (χ3n) is 5.09. The largest absolute Gasteiger partial charge is 0.354 e. The minimum atomic E-state index is -0.906. The van der Waals surface area contributed by atoms with E-state index < -0.39 is 18.0 Å². The molecule has 0 saturated carbocycles. The van der Waals surface area contributed by atoms with Gasteiger partial charge in [-0.1, -0.05) is 18.2 Å². The van der Waals surface area contributed by atoms with Crippen LogP contribution in [0, 0.1) is 0 Å². The van der Waals surface area contributed by atoms with Crippen LogP contribution in [0.15, 0.2) is 30.3 Å². The summed E-state index contributed by atoms with van der Waals surface area (Å²) in [4.78, 5) is 52.5. The molecule has 2 fully saturated rings. The molecular formula is C19H26N6O4. The molecule has 1 aromatic rings. The topological polar surface area (TPSA) is 137 Å². The Morgan fingerprint density at radius 3 is 2.62 bits per heavy atom. The van der Waals surface area contributed by atoms with Gasteiger partial charge in [-0.25, -0.2) is 4.79 Å². The van der Waals surface area contributed by atoms with Crippen molar-refractivity contribution in [3.05, 3.63) is 30.3 Å². The van der Waals surface area contributed by atoms with E-state index >= 15 is 0 Å². The summed E-state index contributed by atoms with van der Waals surface area (Å²) in [7, 11) is 0. The molecule has 10 heteroatoms. The van der Waals surface area contributed by atoms with Crippen LogP contribution in [0.4, 0.5) is 10.5 Å². The van der Waals surface area contributed by atoms with Gasteiger partial charge in [-0.3, -0.25) is 14.4 Å². The van der Waals surface area contributed by atoms with Gasteiger partial charge in [0.05, 0.1) is 13.1 Å². The zero-order chi connectivity index (χ0) is 20.8. The van der Waals surface area contributed by atoms with Gasteiger partial charge in [-0.2, -0.15) is 0 Å². The maximum absolute atomic E-state index is 12.9. The average Bonchev–Trinajstić information content (AvgIpc) is 2.75. The summed E-state index contributed by atoms with van der Waals surface area (Å²) >= 11 is 0. The molecule has 3 rings (SSSR count). The van der Waals surface area contributed by atoms with Crippen LogP contribution in [0.25, 0.3) is 0 Å². The number of hydrogen-bond donors (Lipinski definition) is 4. The molecule has 2 saturated heterocycles. The molecule has 156 valence electrons. The molecule has 0 spiro atoms. The van der Waals surface area contributed by atoms with E-state index in [1.165, 1.54) is 9.80 Å². The number of anilines is 1. The van der Waals surface area contributed by atoms with E-state index in [9.17, 15) is 19.2 Å². The van der Waals surface area contributed by atoms with Gasteiger partial charge in [0.15, 0.2) is 0 Å². The fourth-order valence-corrected chi connectivity index (χ4v) is 3.51. The van der Waals surface area contributed by atoms with Gasteiger partial charge in [-0.15, -0.1) is 0 Å². The quantitative estimate of drug-likeness (QED) is 0.517. The monoisotopic (exact) mass is 402 g/mol. The molecule has 10 nitrogen and oxygen atoms in total. The summed E-state index contributed by atoms with van der Waals surface area (Å²) in [5, 5.41) is 8.20. The first-order valence-corrected chi connectivity index (χ1v) is 9.68. The van der Waals surface area contributed by atoms with E-state index in [2.05, 4.69) is 16.0 Å². The molecule has 5 N–H and O–H groups in total. The van der Waals surface area contributed by atoms with Crippen molar-refractivity contribution in [2.45, 2.75) is 24.9 Å². The predicted molar refractivity (Wildman–Crippen MR) is 106 cm³/mol. The summed E-state index contributed by atoms with van der Waals surface area (Å²) in [6, 6.07) is 7.07. The van der Waals surface area contributed by atoms with Crippen LogP contribution in [0.3, 0.4) is 0 Å². The number of nitrogens with one attached hydrogen (secondary N) is 3. The van der Waals surface area contributed by atoms with Gasteiger partial charge in [0.2, 0.25) is 17.7 Å². The second-order valence-electron chi connectivity index (χ2n) is 7.04. The Morgan fingerprint density at radius 1 is 1.17 bits per heavy atom. The first-order valence-electron chi connectivity index (χ1n) is 9.68. The first kappa shape index (κ1) is 20.6. The minimum absolute atomic E-state index is 0.0184. The Labute approximate surface area is 168 Å². The van der Waals surface area contributed by atoms with Crippen LogP contribution in [0.5, 0.6) is 0 Å². The fraction of sp³-hybridized carbons (Fsp3) is 0.474. The van der Waals surface area contributed by atoms with Crippen LogP contribution in [0.1, 0.15) is 12.8 Å². The number of piperazine rings is 1. The summed E-state index contributed by atoms with van der Waals surface area (Å²) in [6.07, 6.45) is 1.30. The molecular weight excluding hydrogens is 376 g/mol. The van der Waals surface area contributed by atoms with Crippen molar-refractivity contribution >= 4 is 29.4 Å². The van der Waals surface area contributed by atoms with Gasteiger partial charge in [-0.05, 0) is 25.0 Å². The van der Waals surface area contributed by atoms with Gasteiger partial charge < -0.3 is 31.5 Å². The lowest BCUT2D eigenvalue weighted by Crippen LogP contribution is -2.64. The lowest BCUT2D eigenvalue weighted by molar-refractivity contribution is -0.143. The van der Waals surface area contributed by atoms with Crippen LogP contribution >= 0.6 is 0 Å².